The third-order valence-corrected chi connectivity index (χ3v) is 4.27. The van der Waals surface area contributed by atoms with Gasteiger partial charge in [-0.05, 0) is 23.8 Å². The van der Waals surface area contributed by atoms with Crippen molar-refractivity contribution in [3.8, 4) is 5.75 Å². The Morgan fingerprint density at radius 3 is 2.12 bits per heavy atom. The van der Waals surface area contributed by atoms with Gasteiger partial charge in [-0.25, -0.2) is 4.39 Å². The summed E-state index contributed by atoms with van der Waals surface area (Å²) < 4.78 is 19.5. The highest BCUT2D eigenvalue weighted by atomic mass is 35.5. The second-order valence-electron chi connectivity index (χ2n) is 5.68. The Labute approximate surface area is 152 Å². The molecule has 3 aromatic rings. The zero-order chi connectivity index (χ0) is 17.5. The lowest BCUT2D eigenvalue weighted by Gasteiger charge is -2.13. The highest BCUT2D eigenvalue weighted by Crippen LogP contribution is 2.21. The van der Waals surface area contributed by atoms with Gasteiger partial charge < -0.3 is 10.1 Å². The third-order valence-electron chi connectivity index (χ3n) is 3.90. The molecule has 4 heteroatoms. The van der Waals surface area contributed by atoms with E-state index < -0.39 is 0 Å². The molecule has 128 valence electrons. The second kappa shape index (κ2) is 8.65. The zero-order valence-corrected chi connectivity index (χ0v) is 14.5. The number of halogens is 2. The smallest absolute Gasteiger partial charge is 0.129 e. The summed E-state index contributed by atoms with van der Waals surface area (Å²) in [5, 5.41) is 4.12. The molecule has 3 aromatic carbocycles. The summed E-state index contributed by atoms with van der Waals surface area (Å²) in [6.07, 6.45) is 0. The zero-order valence-electron chi connectivity index (χ0n) is 13.7. The third kappa shape index (κ3) is 4.81. The first-order chi connectivity index (χ1) is 12.2. The average molecular weight is 356 g/mol. The Morgan fingerprint density at radius 1 is 0.760 bits per heavy atom. The summed E-state index contributed by atoms with van der Waals surface area (Å²) >= 11 is 6.17. The first-order valence-electron chi connectivity index (χ1n) is 8.12. The Bertz CT molecular complexity index is 837. The molecule has 0 aromatic heterocycles. The van der Waals surface area contributed by atoms with Gasteiger partial charge in [0.05, 0.1) is 0 Å². The molecule has 0 unspecified atom stereocenters. The van der Waals surface area contributed by atoms with Crippen LogP contribution in [0.15, 0.2) is 72.8 Å². The summed E-state index contributed by atoms with van der Waals surface area (Å²) in [5.41, 5.74) is 2.61. The van der Waals surface area contributed by atoms with Gasteiger partial charge in [0, 0.05) is 29.2 Å². The van der Waals surface area contributed by atoms with Crippen LogP contribution in [0.1, 0.15) is 16.7 Å². The fourth-order valence-corrected chi connectivity index (χ4v) is 2.74. The maximum absolute atomic E-state index is 13.7. The van der Waals surface area contributed by atoms with Crippen LogP contribution in [0.3, 0.4) is 0 Å². The van der Waals surface area contributed by atoms with E-state index >= 15 is 0 Å². The van der Waals surface area contributed by atoms with Crippen LogP contribution in [-0.2, 0) is 19.7 Å². The Hall–Kier alpha value is -2.36. The normalized spacial score (nSPS) is 10.6. The predicted molar refractivity (Wildman–Crippen MR) is 99.2 cm³/mol. The van der Waals surface area contributed by atoms with Crippen LogP contribution in [0.2, 0.25) is 5.02 Å². The second-order valence-corrected chi connectivity index (χ2v) is 6.09. The Balaban J connectivity index is 1.61. The van der Waals surface area contributed by atoms with Crippen LogP contribution in [0.5, 0.6) is 5.75 Å². The van der Waals surface area contributed by atoms with Crippen LogP contribution in [-0.4, -0.2) is 0 Å². The molecule has 0 aliphatic rings. The first-order valence-corrected chi connectivity index (χ1v) is 8.50. The Kier molecular flexibility index (Phi) is 6.04. The van der Waals surface area contributed by atoms with Crippen molar-refractivity contribution in [2.75, 3.05) is 0 Å². The molecule has 25 heavy (non-hydrogen) atoms. The highest BCUT2D eigenvalue weighted by Gasteiger charge is 2.06. The van der Waals surface area contributed by atoms with E-state index in [-0.39, 0.29) is 12.4 Å². The highest BCUT2D eigenvalue weighted by molar-refractivity contribution is 6.31. The number of para-hydroxylation sites is 1. The van der Waals surface area contributed by atoms with Crippen LogP contribution in [0.4, 0.5) is 4.39 Å². The average Bonchev–Trinajstić information content (AvgIpc) is 2.64. The molecule has 2 nitrogen and oxygen atoms in total. The van der Waals surface area contributed by atoms with E-state index in [1.54, 1.807) is 18.2 Å². The minimum absolute atomic E-state index is 0.203. The molecule has 3 rings (SSSR count). The number of ether oxygens (including phenoxy) is 1. The van der Waals surface area contributed by atoms with Crippen LogP contribution in [0.25, 0.3) is 0 Å². The number of hydrogen-bond acceptors (Lipinski definition) is 2. The summed E-state index contributed by atoms with van der Waals surface area (Å²) in [7, 11) is 0. The summed E-state index contributed by atoms with van der Waals surface area (Å²) in [4.78, 5) is 0. The number of benzene rings is 3. The van der Waals surface area contributed by atoms with E-state index in [0.717, 1.165) is 21.9 Å². The summed E-state index contributed by atoms with van der Waals surface area (Å²) in [6.45, 7) is 1.51. The van der Waals surface area contributed by atoms with Gasteiger partial charge in [-0.2, -0.15) is 0 Å². The lowest BCUT2D eigenvalue weighted by atomic mass is 10.1. The molecule has 0 saturated heterocycles. The summed E-state index contributed by atoms with van der Waals surface area (Å²) in [5.74, 6) is 0.495. The van der Waals surface area contributed by atoms with Crippen molar-refractivity contribution in [1.82, 2.24) is 5.32 Å². The maximum Gasteiger partial charge on any atom is 0.129 e. The summed E-state index contributed by atoms with van der Waals surface area (Å²) in [6, 6.07) is 22.2. The van der Waals surface area contributed by atoms with E-state index in [1.807, 2.05) is 48.5 Å². The van der Waals surface area contributed by atoms with Crippen molar-refractivity contribution >= 4 is 11.6 Å². The molecule has 0 heterocycles. The van der Waals surface area contributed by atoms with Crippen LogP contribution in [0, 0.1) is 5.82 Å². The standard InChI is InChI=1S/C21H19ClFNO/c22-19-10-4-1-7-16(19)13-24-14-17-8-3-6-12-21(17)25-15-18-9-2-5-11-20(18)23/h1-12,24H,13-15H2. The maximum atomic E-state index is 13.7. The van der Waals surface area contributed by atoms with Crippen molar-refractivity contribution in [2.24, 2.45) is 0 Å². The van der Waals surface area contributed by atoms with Gasteiger partial charge in [0.2, 0.25) is 0 Å². The monoisotopic (exact) mass is 355 g/mol. The molecular formula is C21H19ClFNO. The number of rotatable bonds is 7. The molecule has 0 amide bonds. The van der Waals surface area contributed by atoms with Crippen molar-refractivity contribution in [2.45, 2.75) is 19.7 Å². The fraction of sp³-hybridized carbons (Fsp3) is 0.143. The minimum atomic E-state index is -0.253. The predicted octanol–water partition coefficient (Wildman–Crippen LogP) is 5.35. The van der Waals surface area contributed by atoms with E-state index in [0.29, 0.717) is 18.7 Å². The van der Waals surface area contributed by atoms with Gasteiger partial charge in [0.1, 0.15) is 18.2 Å². The molecule has 0 aliphatic heterocycles. The van der Waals surface area contributed by atoms with Gasteiger partial charge in [-0.3, -0.25) is 0 Å². The number of hydrogen-bond donors (Lipinski definition) is 1. The van der Waals surface area contributed by atoms with Crippen LogP contribution < -0.4 is 10.1 Å². The molecule has 0 saturated carbocycles. The minimum Gasteiger partial charge on any atom is -0.488 e. The Morgan fingerprint density at radius 2 is 1.36 bits per heavy atom. The van der Waals surface area contributed by atoms with E-state index in [2.05, 4.69) is 5.32 Å². The molecule has 0 fully saturated rings. The van der Waals surface area contributed by atoms with E-state index in [4.69, 9.17) is 16.3 Å². The van der Waals surface area contributed by atoms with Gasteiger partial charge in [0.25, 0.3) is 0 Å². The van der Waals surface area contributed by atoms with Gasteiger partial charge in [-0.1, -0.05) is 66.2 Å². The topological polar surface area (TPSA) is 21.3 Å². The molecule has 0 bridgehead atoms. The number of nitrogens with one attached hydrogen (secondary N) is 1. The van der Waals surface area contributed by atoms with Gasteiger partial charge >= 0.3 is 0 Å². The lowest BCUT2D eigenvalue weighted by Crippen LogP contribution is -2.14. The van der Waals surface area contributed by atoms with Crippen molar-refractivity contribution in [3.63, 3.8) is 0 Å². The van der Waals surface area contributed by atoms with E-state index in [9.17, 15) is 4.39 Å². The van der Waals surface area contributed by atoms with Gasteiger partial charge in [-0.15, -0.1) is 0 Å². The fourth-order valence-electron chi connectivity index (χ4n) is 2.54. The van der Waals surface area contributed by atoms with Crippen molar-refractivity contribution in [1.29, 1.82) is 0 Å². The molecular weight excluding hydrogens is 337 g/mol. The molecule has 0 spiro atoms. The van der Waals surface area contributed by atoms with Crippen LogP contribution >= 0.6 is 11.6 Å². The van der Waals surface area contributed by atoms with E-state index in [1.165, 1.54) is 6.07 Å². The molecule has 0 atom stereocenters. The molecule has 0 aliphatic carbocycles. The largest absolute Gasteiger partial charge is 0.488 e. The van der Waals surface area contributed by atoms with Crippen molar-refractivity contribution in [3.05, 3.63) is 100 Å². The first kappa shape index (κ1) is 17.5. The van der Waals surface area contributed by atoms with Crippen molar-refractivity contribution < 1.29 is 9.13 Å². The molecule has 0 radical (unpaired) electrons. The molecule has 1 N–H and O–H groups in total. The lowest BCUT2D eigenvalue weighted by molar-refractivity contribution is 0.296. The van der Waals surface area contributed by atoms with Gasteiger partial charge in [0.15, 0.2) is 0 Å². The quantitative estimate of drug-likeness (QED) is 0.617. The SMILES string of the molecule is Fc1ccccc1COc1ccccc1CNCc1ccccc1Cl.